The van der Waals surface area contributed by atoms with Crippen LogP contribution in [-0.2, 0) is 16.6 Å². The average molecular weight is 490 g/mol. The van der Waals surface area contributed by atoms with Crippen LogP contribution in [0.25, 0.3) is 6.08 Å². The first kappa shape index (κ1) is 22.7. The standard InChI is InChI=1S/C25H23N5O4S/c1-15-4-7-18(8-5-15)30-24(32)19(11-17-6-9-20-21(12-17)34-14-33-20)26-25(30)35-13-23(31)27-22-10-16(2)28-29(22)3/h4-12H,13-14H2,1-3H3,(H,27,31)/b19-11-. The van der Waals surface area contributed by atoms with E-state index in [-0.39, 0.29) is 30.1 Å². The van der Waals surface area contributed by atoms with Gasteiger partial charge in [0.1, 0.15) is 11.5 Å². The molecule has 9 nitrogen and oxygen atoms in total. The number of amides is 2. The van der Waals surface area contributed by atoms with E-state index in [4.69, 9.17) is 9.47 Å². The zero-order chi connectivity index (χ0) is 24.5. The van der Waals surface area contributed by atoms with E-state index < -0.39 is 0 Å². The Kier molecular flexibility index (Phi) is 6.04. The van der Waals surface area contributed by atoms with E-state index in [1.807, 2.05) is 50.2 Å². The second-order valence-corrected chi connectivity index (χ2v) is 9.09. The molecule has 0 saturated carbocycles. The Labute approximate surface area is 206 Å². The number of benzene rings is 2. The molecular weight excluding hydrogens is 466 g/mol. The molecule has 2 amide bonds. The van der Waals surface area contributed by atoms with Crippen molar-refractivity contribution in [3.63, 3.8) is 0 Å². The highest BCUT2D eigenvalue weighted by Gasteiger charge is 2.32. The van der Waals surface area contributed by atoms with Crippen LogP contribution in [0.5, 0.6) is 11.5 Å². The van der Waals surface area contributed by atoms with Gasteiger partial charge >= 0.3 is 0 Å². The van der Waals surface area contributed by atoms with Crippen molar-refractivity contribution in [1.29, 1.82) is 0 Å². The molecule has 0 radical (unpaired) electrons. The second-order valence-electron chi connectivity index (χ2n) is 8.14. The monoisotopic (exact) mass is 489 g/mol. The molecule has 2 aliphatic rings. The molecule has 5 rings (SSSR count). The van der Waals surface area contributed by atoms with Crippen molar-refractivity contribution in [2.45, 2.75) is 13.8 Å². The quantitative estimate of drug-likeness (QED) is 0.546. The zero-order valence-corrected chi connectivity index (χ0v) is 20.3. The number of anilines is 2. The van der Waals surface area contributed by atoms with Crippen molar-refractivity contribution >= 4 is 46.3 Å². The lowest BCUT2D eigenvalue weighted by Gasteiger charge is -2.18. The summed E-state index contributed by atoms with van der Waals surface area (Å²) in [5.41, 5.74) is 3.61. The first-order chi connectivity index (χ1) is 16.9. The first-order valence-corrected chi connectivity index (χ1v) is 11.9. The van der Waals surface area contributed by atoms with E-state index in [0.29, 0.717) is 28.2 Å². The van der Waals surface area contributed by atoms with Crippen molar-refractivity contribution < 1.29 is 19.1 Å². The number of nitrogens with zero attached hydrogens (tertiary/aromatic N) is 4. The molecule has 2 aliphatic heterocycles. The summed E-state index contributed by atoms with van der Waals surface area (Å²) in [4.78, 5) is 32.1. The fourth-order valence-electron chi connectivity index (χ4n) is 3.71. The van der Waals surface area contributed by atoms with Gasteiger partial charge < -0.3 is 14.8 Å². The van der Waals surface area contributed by atoms with E-state index in [1.165, 1.54) is 16.7 Å². The fourth-order valence-corrected chi connectivity index (χ4v) is 4.52. The topological polar surface area (TPSA) is 98.1 Å². The number of hydrogen-bond donors (Lipinski definition) is 1. The third-order valence-corrected chi connectivity index (χ3v) is 6.36. The smallest absolute Gasteiger partial charge is 0.283 e. The lowest BCUT2D eigenvalue weighted by molar-refractivity contribution is -0.114. The number of rotatable bonds is 5. The van der Waals surface area contributed by atoms with Gasteiger partial charge in [0.2, 0.25) is 12.7 Å². The number of thioether (sulfide) groups is 1. The molecule has 0 unspecified atom stereocenters. The van der Waals surface area contributed by atoms with Gasteiger partial charge in [-0.15, -0.1) is 0 Å². The molecule has 35 heavy (non-hydrogen) atoms. The van der Waals surface area contributed by atoms with Gasteiger partial charge in [0.25, 0.3) is 5.91 Å². The van der Waals surface area contributed by atoms with Gasteiger partial charge in [-0.2, -0.15) is 5.10 Å². The molecule has 2 aromatic carbocycles. The number of fused-ring (bicyclic) bond motifs is 1. The van der Waals surface area contributed by atoms with Crippen LogP contribution in [-0.4, -0.2) is 39.3 Å². The van der Waals surface area contributed by atoms with E-state index >= 15 is 0 Å². The molecule has 0 aliphatic carbocycles. The minimum atomic E-state index is -0.267. The Hall–Kier alpha value is -4.05. The minimum absolute atomic E-state index is 0.0794. The van der Waals surface area contributed by atoms with Crippen LogP contribution < -0.4 is 19.7 Å². The maximum Gasteiger partial charge on any atom is 0.283 e. The van der Waals surface area contributed by atoms with Gasteiger partial charge in [0, 0.05) is 13.1 Å². The highest BCUT2D eigenvalue weighted by molar-refractivity contribution is 8.14. The Balaban J connectivity index is 1.39. The Bertz CT molecular complexity index is 1380. The van der Waals surface area contributed by atoms with Crippen molar-refractivity contribution in [2.75, 3.05) is 22.8 Å². The number of carbonyl (C=O) groups excluding carboxylic acids is 2. The molecular formula is C25H23N5O4S. The summed E-state index contributed by atoms with van der Waals surface area (Å²) in [6, 6.07) is 14.8. The van der Waals surface area contributed by atoms with Crippen molar-refractivity contribution in [2.24, 2.45) is 12.0 Å². The number of amidine groups is 1. The van der Waals surface area contributed by atoms with Crippen LogP contribution in [0.4, 0.5) is 11.5 Å². The van der Waals surface area contributed by atoms with Gasteiger partial charge in [0.15, 0.2) is 16.7 Å². The van der Waals surface area contributed by atoms with E-state index in [9.17, 15) is 9.59 Å². The number of nitrogens with one attached hydrogen (secondary N) is 1. The largest absolute Gasteiger partial charge is 0.454 e. The third kappa shape index (κ3) is 4.78. The molecule has 1 aromatic heterocycles. The molecule has 0 bridgehead atoms. The zero-order valence-electron chi connectivity index (χ0n) is 19.4. The van der Waals surface area contributed by atoms with Gasteiger partial charge in [0.05, 0.1) is 17.1 Å². The van der Waals surface area contributed by atoms with Crippen LogP contribution in [0.1, 0.15) is 16.8 Å². The number of ether oxygens (including phenoxy) is 2. The third-order valence-electron chi connectivity index (χ3n) is 5.42. The number of hydrogen-bond acceptors (Lipinski definition) is 7. The van der Waals surface area contributed by atoms with Crippen LogP contribution in [0.2, 0.25) is 0 Å². The van der Waals surface area contributed by atoms with Crippen LogP contribution in [0.3, 0.4) is 0 Å². The van der Waals surface area contributed by atoms with Crippen LogP contribution in [0.15, 0.2) is 59.2 Å². The number of carbonyl (C=O) groups is 2. The molecule has 0 saturated heterocycles. The SMILES string of the molecule is Cc1ccc(N2C(=O)/C(=C/c3ccc4c(c3)OCO4)N=C2SCC(=O)Nc2cc(C)nn2C)cc1. The summed E-state index contributed by atoms with van der Waals surface area (Å²) in [5.74, 6) is 1.50. The number of aliphatic imine (C=N–C) groups is 1. The summed E-state index contributed by atoms with van der Waals surface area (Å²) in [6.45, 7) is 4.01. The summed E-state index contributed by atoms with van der Waals surface area (Å²) in [5, 5.41) is 7.51. The first-order valence-electron chi connectivity index (χ1n) is 10.9. The van der Waals surface area contributed by atoms with E-state index in [1.54, 1.807) is 29.9 Å². The van der Waals surface area contributed by atoms with Crippen LogP contribution >= 0.6 is 11.8 Å². The Morgan fingerprint density at radius 1 is 1.11 bits per heavy atom. The molecule has 0 fully saturated rings. The predicted molar refractivity (Wildman–Crippen MR) is 136 cm³/mol. The van der Waals surface area contributed by atoms with Gasteiger partial charge in [-0.05, 0) is 49.8 Å². The lowest BCUT2D eigenvalue weighted by atomic mass is 10.1. The summed E-state index contributed by atoms with van der Waals surface area (Å²) in [7, 11) is 1.77. The molecule has 1 N–H and O–H groups in total. The highest BCUT2D eigenvalue weighted by atomic mass is 32.2. The summed E-state index contributed by atoms with van der Waals surface area (Å²) >= 11 is 1.20. The normalized spacial score (nSPS) is 15.6. The van der Waals surface area contributed by atoms with Gasteiger partial charge in [-0.25, -0.2) is 4.99 Å². The van der Waals surface area contributed by atoms with Crippen molar-refractivity contribution in [1.82, 2.24) is 9.78 Å². The molecule has 3 aromatic rings. The van der Waals surface area contributed by atoms with Gasteiger partial charge in [-0.1, -0.05) is 35.5 Å². The maximum absolute atomic E-state index is 13.4. The van der Waals surface area contributed by atoms with Crippen molar-refractivity contribution in [3.8, 4) is 11.5 Å². The maximum atomic E-state index is 13.4. The predicted octanol–water partition coefficient (Wildman–Crippen LogP) is 3.88. The molecule has 10 heteroatoms. The molecule has 0 spiro atoms. The molecule has 178 valence electrons. The molecule has 0 atom stereocenters. The van der Waals surface area contributed by atoms with Crippen LogP contribution in [0, 0.1) is 13.8 Å². The second kappa shape index (κ2) is 9.30. The van der Waals surface area contributed by atoms with Crippen molar-refractivity contribution in [3.05, 3.63) is 71.0 Å². The summed E-state index contributed by atoms with van der Waals surface area (Å²) in [6.07, 6.45) is 1.71. The average Bonchev–Trinajstić information content (AvgIpc) is 3.50. The molecule has 3 heterocycles. The van der Waals surface area contributed by atoms with Gasteiger partial charge in [-0.3, -0.25) is 19.2 Å². The Morgan fingerprint density at radius 3 is 2.63 bits per heavy atom. The highest BCUT2D eigenvalue weighted by Crippen LogP contribution is 2.34. The summed E-state index contributed by atoms with van der Waals surface area (Å²) < 4.78 is 12.4. The minimum Gasteiger partial charge on any atom is -0.454 e. The number of aromatic nitrogens is 2. The Morgan fingerprint density at radius 2 is 1.89 bits per heavy atom. The van der Waals surface area contributed by atoms with E-state index in [0.717, 1.165) is 16.8 Å². The lowest BCUT2D eigenvalue weighted by Crippen LogP contribution is -2.31. The van der Waals surface area contributed by atoms with E-state index in [2.05, 4.69) is 15.4 Å². The fraction of sp³-hybridized carbons (Fsp3) is 0.200. The number of aryl methyl sites for hydroxylation is 3.